The number of nitrogens with zero attached hydrogens (tertiary/aromatic N) is 2. The van der Waals surface area contributed by atoms with Gasteiger partial charge < -0.3 is 9.64 Å². The quantitative estimate of drug-likeness (QED) is 0.827. The first kappa shape index (κ1) is 16.3. The lowest BCUT2D eigenvalue weighted by atomic mass is 10.2. The first-order valence-corrected chi connectivity index (χ1v) is 9.30. The first-order valence-electron chi connectivity index (χ1n) is 7.86. The molecule has 1 amide bonds. The molecule has 0 spiro atoms. The molecule has 1 aromatic rings. The summed E-state index contributed by atoms with van der Waals surface area (Å²) in [5.41, 5.74) is 0. The Bertz CT molecular complexity index is 679. The lowest BCUT2D eigenvalue weighted by Gasteiger charge is -2.34. The zero-order valence-electron chi connectivity index (χ0n) is 13.4. The molecule has 1 aromatic carbocycles. The molecule has 126 valence electrons. The number of sulfonamides is 1. The van der Waals surface area contributed by atoms with Crippen LogP contribution in [-0.4, -0.2) is 56.8 Å². The van der Waals surface area contributed by atoms with E-state index in [9.17, 15) is 13.2 Å². The van der Waals surface area contributed by atoms with E-state index in [1.165, 1.54) is 4.31 Å². The summed E-state index contributed by atoms with van der Waals surface area (Å²) >= 11 is 0. The molecule has 1 heterocycles. The molecular weight excluding hydrogens is 316 g/mol. The maximum Gasteiger partial charge on any atom is 0.243 e. The van der Waals surface area contributed by atoms with Crippen LogP contribution in [0.2, 0.25) is 0 Å². The van der Waals surface area contributed by atoms with Crippen LogP contribution in [0.3, 0.4) is 0 Å². The summed E-state index contributed by atoms with van der Waals surface area (Å²) in [5.74, 6) is 1.43. The number of carbonyl (C=O) groups excluding carboxylic acids is 1. The molecule has 3 rings (SSSR count). The fraction of sp³-hybridized carbons (Fsp3) is 0.562. The normalized spacial score (nSPS) is 25.2. The van der Waals surface area contributed by atoms with Crippen LogP contribution in [0.5, 0.6) is 5.75 Å². The molecule has 2 aliphatic rings. The van der Waals surface area contributed by atoms with E-state index >= 15 is 0 Å². The molecule has 0 radical (unpaired) electrons. The molecular formula is C16H22N2O4S. The number of rotatable bonds is 4. The lowest BCUT2D eigenvalue weighted by Crippen LogP contribution is -2.51. The zero-order chi connectivity index (χ0) is 16.6. The molecule has 0 aromatic heterocycles. The van der Waals surface area contributed by atoms with Gasteiger partial charge in [0.25, 0.3) is 0 Å². The first-order chi connectivity index (χ1) is 10.9. The van der Waals surface area contributed by atoms with Crippen molar-refractivity contribution in [3.63, 3.8) is 0 Å². The van der Waals surface area contributed by atoms with Gasteiger partial charge in [0.15, 0.2) is 0 Å². The van der Waals surface area contributed by atoms with Crippen LogP contribution in [0.15, 0.2) is 29.2 Å². The number of benzene rings is 1. The van der Waals surface area contributed by atoms with Gasteiger partial charge in [0, 0.05) is 32.1 Å². The van der Waals surface area contributed by atoms with Crippen molar-refractivity contribution < 1.29 is 17.9 Å². The van der Waals surface area contributed by atoms with Gasteiger partial charge in [0.2, 0.25) is 15.9 Å². The van der Waals surface area contributed by atoms with Crippen molar-refractivity contribution in [2.24, 2.45) is 11.8 Å². The summed E-state index contributed by atoms with van der Waals surface area (Å²) in [6, 6.07) is 6.39. The summed E-state index contributed by atoms with van der Waals surface area (Å²) in [7, 11) is -1.97. The molecule has 7 heteroatoms. The van der Waals surface area contributed by atoms with Crippen molar-refractivity contribution in [1.82, 2.24) is 9.21 Å². The predicted octanol–water partition coefficient (Wildman–Crippen LogP) is 1.18. The minimum absolute atomic E-state index is 0.153. The van der Waals surface area contributed by atoms with Gasteiger partial charge in [-0.15, -0.1) is 0 Å². The van der Waals surface area contributed by atoms with Crippen molar-refractivity contribution >= 4 is 15.9 Å². The predicted molar refractivity (Wildman–Crippen MR) is 85.6 cm³/mol. The molecule has 1 saturated heterocycles. The fourth-order valence-electron chi connectivity index (χ4n) is 2.95. The van der Waals surface area contributed by atoms with Crippen molar-refractivity contribution in [3.05, 3.63) is 24.3 Å². The Hall–Kier alpha value is -1.60. The van der Waals surface area contributed by atoms with Gasteiger partial charge in [0.05, 0.1) is 12.0 Å². The molecule has 6 nitrogen and oxygen atoms in total. The third-order valence-corrected chi connectivity index (χ3v) is 6.59. The van der Waals surface area contributed by atoms with Gasteiger partial charge in [-0.25, -0.2) is 8.42 Å². The van der Waals surface area contributed by atoms with Crippen LogP contribution in [0.4, 0.5) is 0 Å². The summed E-state index contributed by atoms with van der Waals surface area (Å²) in [4.78, 5) is 14.3. The van der Waals surface area contributed by atoms with E-state index in [0.717, 1.165) is 6.42 Å². The molecule has 0 bridgehead atoms. The Morgan fingerprint density at radius 3 is 2.17 bits per heavy atom. The van der Waals surface area contributed by atoms with Gasteiger partial charge in [0.1, 0.15) is 5.75 Å². The van der Waals surface area contributed by atoms with Crippen molar-refractivity contribution in [2.45, 2.75) is 18.2 Å². The van der Waals surface area contributed by atoms with Gasteiger partial charge in [-0.1, -0.05) is 6.92 Å². The Morgan fingerprint density at radius 1 is 1.13 bits per heavy atom. The van der Waals surface area contributed by atoms with E-state index < -0.39 is 10.0 Å². The molecule has 0 unspecified atom stereocenters. The second-order valence-electron chi connectivity index (χ2n) is 6.22. The highest BCUT2D eigenvalue weighted by molar-refractivity contribution is 7.89. The van der Waals surface area contributed by atoms with E-state index in [0.29, 0.717) is 37.8 Å². The molecule has 23 heavy (non-hydrogen) atoms. The fourth-order valence-corrected chi connectivity index (χ4v) is 4.37. The third kappa shape index (κ3) is 3.21. The topological polar surface area (TPSA) is 66.9 Å². The monoisotopic (exact) mass is 338 g/mol. The summed E-state index contributed by atoms with van der Waals surface area (Å²) in [6.07, 6.45) is 0.962. The van der Waals surface area contributed by atoms with E-state index in [-0.39, 0.29) is 16.7 Å². The molecule has 1 aliphatic heterocycles. The zero-order valence-corrected chi connectivity index (χ0v) is 14.3. The van der Waals surface area contributed by atoms with E-state index in [2.05, 4.69) is 6.92 Å². The maximum atomic E-state index is 12.6. The van der Waals surface area contributed by atoms with Crippen LogP contribution in [0.25, 0.3) is 0 Å². The lowest BCUT2D eigenvalue weighted by molar-refractivity contribution is -0.134. The molecule has 0 N–H and O–H groups in total. The van der Waals surface area contributed by atoms with Crippen molar-refractivity contribution in [1.29, 1.82) is 0 Å². The third-order valence-electron chi connectivity index (χ3n) is 4.67. The molecule has 2 fully saturated rings. The highest BCUT2D eigenvalue weighted by Gasteiger charge is 2.42. The smallest absolute Gasteiger partial charge is 0.243 e. The van der Waals surface area contributed by atoms with Gasteiger partial charge in [-0.3, -0.25) is 4.79 Å². The number of hydrogen-bond acceptors (Lipinski definition) is 4. The second-order valence-corrected chi connectivity index (χ2v) is 8.16. The van der Waals surface area contributed by atoms with Crippen LogP contribution >= 0.6 is 0 Å². The van der Waals surface area contributed by atoms with Crippen LogP contribution < -0.4 is 4.74 Å². The minimum atomic E-state index is -3.51. The minimum Gasteiger partial charge on any atom is -0.497 e. The van der Waals surface area contributed by atoms with E-state index in [1.54, 1.807) is 36.3 Å². The summed E-state index contributed by atoms with van der Waals surface area (Å²) in [6.45, 7) is 3.71. The van der Waals surface area contributed by atoms with Crippen LogP contribution in [0.1, 0.15) is 13.3 Å². The maximum absolute atomic E-state index is 12.6. The van der Waals surface area contributed by atoms with Gasteiger partial charge >= 0.3 is 0 Å². The van der Waals surface area contributed by atoms with Crippen molar-refractivity contribution in [2.75, 3.05) is 33.3 Å². The standard InChI is InChI=1S/C16H22N2O4S/c1-12-11-15(12)16(19)17-7-9-18(10-8-17)23(20,21)14-5-3-13(22-2)4-6-14/h3-6,12,15H,7-11H2,1-2H3/t12-,15+/m1/s1. The van der Waals surface area contributed by atoms with Gasteiger partial charge in [-0.2, -0.15) is 4.31 Å². The Morgan fingerprint density at radius 2 is 1.70 bits per heavy atom. The Labute approximate surface area is 137 Å². The number of hydrogen-bond donors (Lipinski definition) is 0. The SMILES string of the molecule is COc1ccc(S(=O)(=O)N2CCN(C(=O)[C@H]3C[C@H]3C)CC2)cc1. The largest absolute Gasteiger partial charge is 0.497 e. The highest BCUT2D eigenvalue weighted by atomic mass is 32.2. The highest BCUT2D eigenvalue weighted by Crippen LogP contribution is 2.39. The molecule has 1 saturated carbocycles. The number of ether oxygens (including phenoxy) is 1. The Balaban J connectivity index is 1.64. The Kier molecular flexibility index (Phi) is 4.33. The van der Waals surface area contributed by atoms with Crippen LogP contribution in [0, 0.1) is 11.8 Å². The number of amides is 1. The van der Waals surface area contributed by atoms with E-state index in [1.807, 2.05) is 0 Å². The molecule has 2 atom stereocenters. The van der Waals surface area contributed by atoms with Crippen LogP contribution in [-0.2, 0) is 14.8 Å². The van der Waals surface area contributed by atoms with E-state index in [4.69, 9.17) is 4.74 Å². The number of piperazine rings is 1. The number of carbonyl (C=O) groups is 1. The molecule has 1 aliphatic carbocycles. The average molecular weight is 338 g/mol. The van der Waals surface area contributed by atoms with Crippen molar-refractivity contribution in [3.8, 4) is 5.75 Å². The summed E-state index contributed by atoms with van der Waals surface area (Å²) in [5, 5.41) is 0. The average Bonchev–Trinajstić information content (AvgIpc) is 3.31. The van der Waals surface area contributed by atoms with Gasteiger partial charge in [-0.05, 0) is 36.6 Å². The number of methoxy groups -OCH3 is 1. The summed E-state index contributed by atoms with van der Waals surface area (Å²) < 4.78 is 31.8. The second kappa shape index (κ2) is 6.13.